The van der Waals surface area contributed by atoms with Crippen LogP contribution in [0, 0.1) is 0 Å². The van der Waals surface area contributed by atoms with Gasteiger partial charge in [0, 0.05) is 40.5 Å². The number of H-pyrrole nitrogens is 1. The van der Waals surface area contributed by atoms with Gasteiger partial charge in [0.15, 0.2) is 0 Å². The molecule has 0 aliphatic heterocycles. The normalized spacial score (nSPS) is 11.8. The Kier molecular flexibility index (Phi) is 3.70. The van der Waals surface area contributed by atoms with Gasteiger partial charge in [-0.2, -0.15) is 4.37 Å². The Balaban J connectivity index is 1.85. The fourth-order valence-electron chi connectivity index (χ4n) is 2.19. The fourth-order valence-corrected chi connectivity index (χ4v) is 2.95. The average molecular weight is 314 g/mol. The van der Waals surface area contributed by atoms with Crippen LogP contribution in [-0.4, -0.2) is 14.3 Å². The molecule has 0 aliphatic carbocycles. The maximum absolute atomic E-state index is 11.7. The van der Waals surface area contributed by atoms with E-state index in [4.69, 9.17) is 0 Å². The van der Waals surface area contributed by atoms with Crippen LogP contribution in [0.1, 0.15) is 32.2 Å². The summed E-state index contributed by atoms with van der Waals surface area (Å²) >= 11 is 1.35. The monoisotopic (exact) mass is 314 g/mol. The zero-order valence-corrected chi connectivity index (χ0v) is 13.6. The van der Waals surface area contributed by atoms with Crippen LogP contribution in [0.25, 0.3) is 10.9 Å². The first-order valence-corrected chi connectivity index (χ1v) is 7.90. The Hall–Kier alpha value is -2.21. The number of para-hydroxylation sites is 1. The van der Waals surface area contributed by atoms with Crippen LogP contribution in [0.4, 0.5) is 5.13 Å². The molecular formula is C16H18N4OS. The Bertz CT molecular complexity index is 860. The summed E-state index contributed by atoms with van der Waals surface area (Å²) in [6, 6.07) is 9.41. The summed E-state index contributed by atoms with van der Waals surface area (Å²) in [4.78, 5) is 19.1. The van der Waals surface area contributed by atoms with Gasteiger partial charge in [-0.25, -0.2) is 4.98 Å². The molecule has 2 heterocycles. The number of anilines is 1. The number of rotatable bonds is 3. The first kappa shape index (κ1) is 14.7. The van der Waals surface area contributed by atoms with Crippen molar-refractivity contribution in [3.8, 4) is 0 Å². The van der Waals surface area contributed by atoms with E-state index in [0.717, 1.165) is 27.4 Å². The molecule has 0 fully saturated rings. The number of aromatic nitrogens is 3. The SMILES string of the molecule is CC(C)(C)c1nsc(NCc2cc(=O)[nH]c3ccccc23)n1. The lowest BCUT2D eigenvalue weighted by Gasteiger charge is -2.12. The number of aromatic amines is 1. The first-order chi connectivity index (χ1) is 10.4. The maximum Gasteiger partial charge on any atom is 0.248 e. The summed E-state index contributed by atoms with van der Waals surface area (Å²) in [6.45, 7) is 6.80. The van der Waals surface area contributed by atoms with Gasteiger partial charge < -0.3 is 10.3 Å². The van der Waals surface area contributed by atoms with Crippen molar-refractivity contribution in [2.45, 2.75) is 32.7 Å². The van der Waals surface area contributed by atoms with Crippen molar-refractivity contribution >= 4 is 27.6 Å². The van der Waals surface area contributed by atoms with Gasteiger partial charge in [0.2, 0.25) is 10.7 Å². The van der Waals surface area contributed by atoms with E-state index in [-0.39, 0.29) is 11.0 Å². The van der Waals surface area contributed by atoms with Gasteiger partial charge in [0.05, 0.1) is 0 Å². The molecule has 6 heteroatoms. The quantitative estimate of drug-likeness (QED) is 0.778. The summed E-state index contributed by atoms with van der Waals surface area (Å²) in [5, 5.41) is 5.07. The molecule has 0 saturated carbocycles. The minimum Gasteiger partial charge on any atom is -0.356 e. The number of nitrogens with one attached hydrogen (secondary N) is 2. The zero-order chi connectivity index (χ0) is 15.7. The average Bonchev–Trinajstić information content (AvgIpc) is 2.93. The number of pyridine rings is 1. The molecule has 0 spiro atoms. The molecule has 0 radical (unpaired) electrons. The molecule has 2 aromatic heterocycles. The molecular weight excluding hydrogens is 296 g/mol. The second kappa shape index (κ2) is 5.53. The Morgan fingerprint density at radius 3 is 2.77 bits per heavy atom. The minimum atomic E-state index is -0.0943. The highest BCUT2D eigenvalue weighted by atomic mass is 32.1. The predicted molar refractivity (Wildman–Crippen MR) is 90.5 cm³/mol. The van der Waals surface area contributed by atoms with Gasteiger partial charge in [0.25, 0.3) is 0 Å². The van der Waals surface area contributed by atoms with Gasteiger partial charge in [-0.3, -0.25) is 4.79 Å². The summed E-state index contributed by atoms with van der Waals surface area (Å²) in [7, 11) is 0. The standard InChI is InChI=1S/C16H18N4OS/c1-16(2,3)14-19-15(22-20-14)17-9-10-8-13(21)18-12-7-5-4-6-11(10)12/h4-8H,9H2,1-3H3,(H,18,21)(H,17,19,20). The van der Waals surface area contributed by atoms with Crippen LogP contribution in [0.3, 0.4) is 0 Å². The van der Waals surface area contributed by atoms with Crippen molar-refractivity contribution in [2.24, 2.45) is 0 Å². The second-order valence-corrected chi connectivity index (χ2v) is 6.98. The largest absolute Gasteiger partial charge is 0.356 e. The fraction of sp³-hybridized carbons (Fsp3) is 0.312. The smallest absolute Gasteiger partial charge is 0.248 e. The van der Waals surface area contributed by atoms with Crippen molar-refractivity contribution in [3.05, 3.63) is 52.1 Å². The topological polar surface area (TPSA) is 70.7 Å². The van der Waals surface area contributed by atoms with Crippen LogP contribution in [0.5, 0.6) is 0 Å². The molecule has 0 atom stereocenters. The maximum atomic E-state index is 11.7. The van der Waals surface area contributed by atoms with Crippen LogP contribution in [-0.2, 0) is 12.0 Å². The zero-order valence-electron chi connectivity index (χ0n) is 12.8. The highest BCUT2D eigenvalue weighted by molar-refractivity contribution is 7.09. The van der Waals surface area contributed by atoms with Crippen molar-refractivity contribution in [2.75, 3.05) is 5.32 Å². The minimum absolute atomic E-state index is 0.0625. The van der Waals surface area contributed by atoms with E-state index >= 15 is 0 Å². The van der Waals surface area contributed by atoms with Gasteiger partial charge in [0.1, 0.15) is 5.82 Å². The highest BCUT2D eigenvalue weighted by Crippen LogP contribution is 2.23. The number of fused-ring (bicyclic) bond motifs is 1. The highest BCUT2D eigenvalue weighted by Gasteiger charge is 2.19. The molecule has 22 heavy (non-hydrogen) atoms. The third-order valence-corrected chi connectivity index (χ3v) is 4.04. The molecule has 0 bridgehead atoms. The molecule has 2 N–H and O–H groups in total. The van der Waals surface area contributed by atoms with Gasteiger partial charge >= 0.3 is 0 Å². The Morgan fingerprint density at radius 1 is 1.27 bits per heavy atom. The van der Waals surface area contributed by atoms with Gasteiger partial charge in [-0.15, -0.1) is 0 Å². The van der Waals surface area contributed by atoms with Crippen molar-refractivity contribution in [1.82, 2.24) is 14.3 Å². The molecule has 3 rings (SSSR count). The first-order valence-electron chi connectivity index (χ1n) is 7.12. The summed E-state index contributed by atoms with van der Waals surface area (Å²) in [6.07, 6.45) is 0. The van der Waals surface area contributed by atoms with E-state index < -0.39 is 0 Å². The molecule has 3 aromatic rings. The summed E-state index contributed by atoms with van der Waals surface area (Å²) in [5.41, 5.74) is 1.64. The lowest BCUT2D eigenvalue weighted by molar-refractivity contribution is 0.555. The van der Waals surface area contributed by atoms with E-state index in [0.29, 0.717) is 6.54 Å². The van der Waals surface area contributed by atoms with Crippen molar-refractivity contribution < 1.29 is 0 Å². The van der Waals surface area contributed by atoms with Gasteiger partial charge in [-0.05, 0) is 11.6 Å². The van der Waals surface area contributed by atoms with E-state index in [1.807, 2.05) is 24.3 Å². The van der Waals surface area contributed by atoms with Gasteiger partial charge in [-0.1, -0.05) is 39.0 Å². The Labute approximate surface area is 132 Å². The van der Waals surface area contributed by atoms with E-state index in [2.05, 4.69) is 40.4 Å². The number of hydrogen-bond acceptors (Lipinski definition) is 5. The molecule has 0 aliphatic rings. The van der Waals surface area contributed by atoms with Crippen LogP contribution in [0.2, 0.25) is 0 Å². The molecule has 0 saturated heterocycles. The summed E-state index contributed by atoms with van der Waals surface area (Å²) < 4.78 is 4.38. The van der Waals surface area contributed by atoms with Crippen LogP contribution >= 0.6 is 11.5 Å². The molecule has 114 valence electrons. The van der Waals surface area contributed by atoms with Crippen LogP contribution < -0.4 is 10.9 Å². The third kappa shape index (κ3) is 3.01. The second-order valence-electron chi connectivity index (χ2n) is 6.23. The van der Waals surface area contributed by atoms with Crippen molar-refractivity contribution in [1.29, 1.82) is 0 Å². The Morgan fingerprint density at radius 2 is 2.05 bits per heavy atom. The number of hydrogen-bond donors (Lipinski definition) is 2. The number of nitrogens with zero attached hydrogens (tertiary/aromatic N) is 2. The molecule has 1 aromatic carbocycles. The molecule has 0 unspecified atom stereocenters. The van der Waals surface area contributed by atoms with E-state index in [1.165, 1.54) is 11.5 Å². The van der Waals surface area contributed by atoms with Crippen LogP contribution in [0.15, 0.2) is 35.1 Å². The lowest BCUT2D eigenvalue weighted by atomic mass is 9.96. The third-order valence-electron chi connectivity index (χ3n) is 3.36. The predicted octanol–water partition coefficient (Wildman–Crippen LogP) is 3.29. The molecule has 5 nitrogen and oxygen atoms in total. The number of benzene rings is 1. The lowest BCUT2D eigenvalue weighted by Crippen LogP contribution is -2.13. The molecule has 0 amide bonds. The van der Waals surface area contributed by atoms with E-state index in [1.54, 1.807) is 6.07 Å². The summed E-state index contributed by atoms with van der Waals surface area (Å²) in [5.74, 6) is 0.829. The van der Waals surface area contributed by atoms with E-state index in [9.17, 15) is 4.79 Å². The van der Waals surface area contributed by atoms with Crippen molar-refractivity contribution in [3.63, 3.8) is 0 Å².